The highest BCUT2D eigenvalue weighted by Gasteiger charge is 2.21. The molecule has 3 nitrogen and oxygen atoms in total. The van der Waals surface area contributed by atoms with Gasteiger partial charge in [-0.05, 0) is 41.6 Å². The van der Waals surface area contributed by atoms with Crippen molar-refractivity contribution in [1.82, 2.24) is 9.78 Å². The zero-order valence-electron chi connectivity index (χ0n) is 13.5. The average Bonchev–Trinajstić information content (AvgIpc) is 2.76. The molecule has 116 valence electrons. The first-order valence-corrected chi connectivity index (χ1v) is 8.87. The van der Waals surface area contributed by atoms with Crippen molar-refractivity contribution >= 4 is 15.9 Å². The van der Waals surface area contributed by atoms with Crippen LogP contribution in [0.1, 0.15) is 64.8 Å². The SMILES string of the molecule is CCCCC(CC)C(N)Cc1c(Br)c(CC)nn1CC. The van der Waals surface area contributed by atoms with E-state index in [1.54, 1.807) is 0 Å². The molecule has 2 unspecified atom stereocenters. The molecule has 0 radical (unpaired) electrons. The number of halogens is 1. The number of aryl methyl sites for hydroxylation is 2. The summed E-state index contributed by atoms with van der Waals surface area (Å²) in [6.07, 6.45) is 6.82. The molecule has 0 fully saturated rings. The first-order valence-electron chi connectivity index (χ1n) is 8.08. The number of hydrogen-bond acceptors (Lipinski definition) is 2. The molecule has 0 aliphatic heterocycles. The minimum Gasteiger partial charge on any atom is -0.327 e. The maximum absolute atomic E-state index is 6.48. The molecule has 0 bridgehead atoms. The van der Waals surface area contributed by atoms with Crippen molar-refractivity contribution in [2.75, 3.05) is 0 Å². The lowest BCUT2D eigenvalue weighted by Gasteiger charge is -2.23. The Bertz CT molecular complexity index is 401. The first-order chi connectivity index (χ1) is 9.58. The van der Waals surface area contributed by atoms with Gasteiger partial charge in [0, 0.05) is 19.0 Å². The van der Waals surface area contributed by atoms with Gasteiger partial charge in [-0.1, -0.05) is 40.0 Å². The third kappa shape index (κ3) is 4.32. The highest BCUT2D eigenvalue weighted by atomic mass is 79.9. The van der Waals surface area contributed by atoms with E-state index >= 15 is 0 Å². The molecule has 0 aromatic carbocycles. The molecule has 0 amide bonds. The van der Waals surface area contributed by atoms with Crippen LogP contribution in [0.15, 0.2) is 4.47 Å². The van der Waals surface area contributed by atoms with E-state index in [1.807, 2.05) is 0 Å². The van der Waals surface area contributed by atoms with E-state index in [-0.39, 0.29) is 6.04 Å². The second kappa shape index (κ2) is 8.83. The second-order valence-corrected chi connectivity index (χ2v) is 6.35. The van der Waals surface area contributed by atoms with Gasteiger partial charge in [0.05, 0.1) is 15.9 Å². The van der Waals surface area contributed by atoms with Gasteiger partial charge in [-0.25, -0.2) is 0 Å². The Morgan fingerprint density at radius 1 is 1.25 bits per heavy atom. The minimum absolute atomic E-state index is 0.231. The summed E-state index contributed by atoms with van der Waals surface area (Å²) in [6.45, 7) is 9.69. The van der Waals surface area contributed by atoms with E-state index in [0.717, 1.165) is 25.1 Å². The molecule has 0 saturated carbocycles. The maximum Gasteiger partial charge on any atom is 0.0766 e. The molecular weight excluding hydrogens is 314 g/mol. The Labute approximate surface area is 132 Å². The van der Waals surface area contributed by atoms with Gasteiger partial charge in [-0.3, -0.25) is 4.68 Å². The number of unbranched alkanes of at least 4 members (excludes halogenated alkanes) is 1. The fraction of sp³-hybridized carbons (Fsp3) is 0.812. The van der Waals surface area contributed by atoms with Crippen LogP contribution < -0.4 is 5.73 Å². The van der Waals surface area contributed by atoms with Crippen molar-refractivity contribution in [3.05, 3.63) is 15.9 Å². The summed E-state index contributed by atoms with van der Waals surface area (Å²) in [4.78, 5) is 0. The predicted molar refractivity (Wildman–Crippen MR) is 90.0 cm³/mol. The van der Waals surface area contributed by atoms with E-state index in [0.29, 0.717) is 5.92 Å². The molecule has 2 N–H and O–H groups in total. The van der Waals surface area contributed by atoms with Crippen molar-refractivity contribution in [1.29, 1.82) is 0 Å². The Morgan fingerprint density at radius 3 is 2.45 bits per heavy atom. The Hall–Kier alpha value is -0.350. The molecule has 0 aliphatic rings. The molecule has 0 aliphatic carbocycles. The van der Waals surface area contributed by atoms with Crippen LogP contribution in [0.25, 0.3) is 0 Å². The molecule has 1 aromatic heterocycles. The Kier molecular flexibility index (Phi) is 7.82. The Balaban J connectivity index is 2.82. The van der Waals surface area contributed by atoms with Crippen LogP contribution in [-0.4, -0.2) is 15.8 Å². The molecule has 1 rings (SSSR count). The molecule has 0 spiro atoms. The molecular formula is C16H30BrN3. The molecule has 1 heterocycles. The Morgan fingerprint density at radius 2 is 1.95 bits per heavy atom. The van der Waals surface area contributed by atoms with E-state index in [1.165, 1.54) is 35.8 Å². The van der Waals surface area contributed by atoms with Gasteiger partial charge in [0.2, 0.25) is 0 Å². The number of aromatic nitrogens is 2. The van der Waals surface area contributed by atoms with E-state index < -0.39 is 0 Å². The van der Waals surface area contributed by atoms with Crippen LogP contribution in [0.4, 0.5) is 0 Å². The maximum atomic E-state index is 6.48. The fourth-order valence-corrected chi connectivity index (χ4v) is 3.52. The van der Waals surface area contributed by atoms with Gasteiger partial charge in [0.25, 0.3) is 0 Å². The van der Waals surface area contributed by atoms with Crippen molar-refractivity contribution in [2.45, 2.75) is 78.8 Å². The summed E-state index contributed by atoms with van der Waals surface area (Å²) in [7, 11) is 0. The topological polar surface area (TPSA) is 43.8 Å². The average molecular weight is 344 g/mol. The lowest BCUT2D eigenvalue weighted by molar-refractivity contribution is 0.362. The van der Waals surface area contributed by atoms with Crippen molar-refractivity contribution in [3.8, 4) is 0 Å². The normalized spacial score (nSPS) is 14.5. The van der Waals surface area contributed by atoms with Gasteiger partial charge in [0.15, 0.2) is 0 Å². The molecule has 20 heavy (non-hydrogen) atoms. The summed E-state index contributed by atoms with van der Waals surface area (Å²) in [5.74, 6) is 0.618. The number of nitrogens with two attached hydrogens (primary N) is 1. The second-order valence-electron chi connectivity index (χ2n) is 5.56. The molecule has 1 aromatic rings. The molecule has 0 saturated heterocycles. The van der Waals surface area contributed by atoms with Gasteiger partial charge >= 0.3 is 0 Å². The summed E-state index contributed by atoms with van der Waals surface area (Å²) in [6, 6.07) is 0.231. The predicted octanol–water partition coefficient (Wildman–Crippen LogP) is 4.31. The number of hydrogen-bond donors (Lipinski definition) is 1. The summed E-state index contributed by atoms with van der Waals surface area (Å²) in [5, 5.41) is 4.66. The standard InChI is InChI=1S/C16H30BrN3/c1-5-9-10-12(6-2)13(18)11-15-16(17)14(7-3)19-20(15)8-4/h12-13H,5-11,18H2,1-4H3. The van der Waals surface area contributed by atoms with Crippen molar-refractivity contribution in [3.63, 3.8) is 0 Å². The van der Waals surface area contributed by atoms with E-state index in [9.17, 15) is 0 Å². The van der Waals surface area contributed by atoms with Crippen LogP contribution in [0.3, 0.4) is 0 Å². The highest BCUT2D eigenvalue weighted by molar-refractivity contribution is 9.10. The molecule has 2 atom stereocenters. The number of nitrogens with zero attached hydrogens (tertiary/aromatic N) is 2. The van der Waals surface area contributed by atoms with E-state index in [2.05, 4.69) is 53.4 Å². The lowest BCUT2D eigenvalue weighted by atomic mass is 9.89. The minimum atomic E-state index is 0.231. The summed E-state index contributed by atoms with van der Waals surface area (Å²) in [5.41, 5.74) is 8.90. The van der Waals surface area contributed by atoms with Crippen LogP contribution in [0.5, 0.6) is 0 Å². The zero-order valence-corrected chi connectivity index (χ0v) is 15.0. The summed E-state index contributed by atoms with van der Waals surface area (Å²) >= 11 is 3.72. The highest BCUT2D eigenvalue weighted by Crippen LogP contribution is 2.26. The summed E-state index contributed by atoms with van der Waals surface area (Å²) < 4.78 is 3.28. The van der Waals surface area contributed by atoms with E-state index in [4.69, 9.17) is 5.73 Å². The third-order valence-electron chi connectivity index (χ3n) is 4.18. The van der Waals surface area contributed by atoms with Crippen LogP contribution in [0, 0.1) is 5.92 Å². The van der Waals surface area contributed by atoms with Crippen LogP contribution in [-0.2, 0) is 19.4 Å². The first kappa shape index (κ1) is 17.7. The fourth-order valence-electron chi connectivity index (χ4n) is 2.79. The van der Waals surface area contributed by atoms with Gasteiger partial charge in [-0.2, -0.15) is 5.10 Å². The molecule has 4 heteroatoms. The number of rotatable bonds is 9. The largest absolute Gasteiger partial charge is 0.327 e. The van der Waals surface area contributed by atoms with Crippen LogP contribution >= 0.6 is 15.9 Å². The smallest absolute Gasteiger partial charge is 0.0766 e. The zero-order chi connectivity index (χ0) is 15.1. The van der Waals surface area contributed by atoms with Crippen molar-refractivity contribution < 1.29 is 0 Å². The van der Waals surface area contributed by atoms with Gasteiger partial charge < -0.3 is 5.73 Å². The van der Waals surface area contributed by atoms with Gasteiger partial charge in [0.1, 0.15) is 0 Å². The lowest BCUT2D eigenvalue weighted by Crippen LogP contribution is -2.33. The van der Waals surface area contributed by atoms with Crippen molar-refractivity contribution in [2.24, 2.45) is 11.7 Å². The quantitative estimate of drug-likeness (QED) is 0.725. The monoisotopic (exact) mass is 343 g/mol. The van der Waals surface area contributed by atoms with Gasteiger partial charge in [-0.15, -0.1) is 0 Å². The third-order valence-corrected chi connectivity index (χ3v) is 5.10. The van der Waals surface area contributed by atoms with Crippen LogP contribution in [0.2, 0.25) is 0 Å².